The molecule has 4 heterocycles. The molecule has 2 atom stereocenters. The highest BCUT2D eigenvalue weighted by Crippen LogP contribution is 2.31. The van der Waals surface area contributed by atoms with Gasteiger partial charge in [0.1, 0.15) is 0 Å². The van der Waals surface area contributed by atoms with Gasteiger partial charge in [-0.15, -0.1) is 0 Å². The molecule has 0 N–H and O–H groups in total. The van der Waals surface area contributed by atoms with E-state index in [1.54, 1.807) is 31.7 Å². The smallest absolute Gasteiger partial charge is 0.254 e. The van der Waals surface area contributed by atoms with Gasteiger partial charge in [0.05, 0.1) is 32.0 Å². The van der Waals surface area contributed by atoms with E-state index < -0.39 is 0 Å². The van der Waals surface area contributed by atoms with Gasteiger partial charge in [0.25, 0.3) is 11.5 Å². The lowest BCUT2D eigenvalue weighted by molar-refractivity contribution is -0.0819. The van der Waals surface area contributed by atoms with Crippen molar-refractivity contribution in [1.29, 1.82) is 0 Å². The Morgan fingerprint density at radius 2 is 2.03 bits per heavy atom. The van der Waals surface area contributed by atoms with Crippen LogP contribution in [0.3, 0.4) is 0 Å². The minimum Gasteiger partial charge on any atom is -0.379 e. The maximum atomic E-state index is 13.4. The number of amides is 1. The molecule has 0 saturated carbocycles. The molecule has 2 fully saturated rings. The number of carbonyl (C=O) groups is 1. The molecule has 2 aliphatic heterocycles. The van der Waals surface area contributed by atoms with Gasteiger partial charge < -0.3 is 18.9 Å². The van der Waals surface area contributed by atoms with Crippen LogP contribution in [-0.4, -0.2) is 77.4 Å². The molecule has 0 spiro atoms. The molecule has 2 aromatic rings. The molecule has 2 aromatic heterocycles. The van der Waals surface area contributed by atoms with Gasteiger partial charge in [-0.3, -0.25) is 19.5 Å². The van der Waals surface area contributed by atoms with Gasteiger partial charge in [-0.05, 0) is 17.7 Å². The van der Waals surface area contributed by atoms with Gasteiger partial charge in [-0.25, -0.2) is 0 Å². The summed E-state index contributed by atoms with van der Waals surface area (Å²) in [5.41, 5.74) is 1.13. The minimum atomic E-state index is -0.267. The van der Waals surface area contributed by atoms with Gasteiger partial charge in [0, 0.05) is 63.4 Å². The zero-order chi connectivity index (χ0) is 20.2. The van der Waals surface area contributed by atoms with Crippen molar-refractivity contribution in [3.63, 3.8) is 0 Å². The van der Waals surface area contributed by atoms with Crippen molar-refractivity contribution in [2.24, 2.45) is 7.05 Å². The molecule has 0 aromatic carbocycles. The van der Waals surface area contributed by atoms with Crippen LogP contribution in [0.5, 0.6) is 0 Å². The van der Waals surface area contributed by atoms with E-state index in [1.165, 1.54) is 10.6 Å². The first-order chi connectivity index (χ1) is 14.1. The maximum Gasteiger partial charge on any atom is 0.254 e. The second-order valence-corrected chi connectivity index (χ2v) is 7.42. The van der Waals surface area contributed by atoms with Crippen molar-refractivity contribution < 1.29 is 14.3 Å². The van der Waals surface area contributed by atoms with Crippen LogP contribution in [-0.2, 0) is 16.5 Å². The first kappa shape index (κ1) is 19.8. The number of hydrogen-bond acceptors (Lipinski definition) is 6. The highest BCUT2D eigenvalue weighted by molar-refractivity contribution is 5.94. The van der Waals surface area contributed by atoms with Crippen LogP contribution < -0.4 is 5.56 Å². The molecule has 29 heavy (non-hydrogen) atoms. The first-order valence-electron chi connectivity index (χ1n) is 9.93. The van der Waals surface area contributed by atoms with Crippen LogP contribution in [0.1, 0.15) is 22.0 Å². The van der Waals surface area contributed by atoms with Crippen LogP contribution in [0, 0.1) is 0 Å². The molecule has 2 aliphatic rings. The minimum absolute atomic E-state index is 0.160. The fourth-order valence-electron chi connectivity index (χ4n) is 3.94. The van der Waals surface area contributed by atoms with Gasteiger partial charge in [0.15, 0.2) is 0 Å². The third kappa shape index (κ3) is 4.39. The number of carbonyl (C=O) groups excluding carboxylic acids is 1. The largest absolute Gasteiger partial charge is 0.379 e. The average molecular weight is 398 g/mol. The van der Waals surface area contributed by atoms with Crippen molar-refractivity contribution in [2.45, 2.75) is 12.1 Å². The third-order valence-electron chi connectivity index (χ3n) is 5.53. The Balaban J connectivity index is 1.64. The van der Waals surface area contributed by atoms with Crippen molar-refractivity contribution in [1.82, 2.24) is 19.4 Å². The number of pyridine rings is 2. The first-order valence-corrected chi connectivity index (χ1v) is 9.93. The van der Waals surface area contributed by atoms with E-state index in [0.29, 0.717) is 38.5 Å². The predicted molar refractivity (Wildman–Crippen MR) is 107 cm³/mol. The molecular formula is C21H26N4O4. The van der Waals surface area contributed by atoms with Crippen molar-refractivity contribution >= 4 is 5.91 Å². The van der Waals surface area contributed by atoms with Crippen LogP contribution in [0.25, 0.3) is 0 Å². The number of rotatable bonds is 4. The second kappa shape index (κ2) is 8.86. The molecule has 0 radical (unpaired) electrons. The van der Waals surface area contributed by atoms with E-state index in [0.717, 1.165) is 18.7 Å². The molecular weight excluding hydrogens is 372 g/mol. The Kier molecular flexibility index (Phi) is 6.03. The molecule has 8 heteroatoms. The molecule has 0 aliphatic carbocycles. The number of hydrogen-bond donors (Lipinski definition) is 0. The van der Waals surface area contributed by atoms with Crippen LogP contribution in [0.2, 0.25) is 0 Å². The molecule has 0 bridgehead atoms. The molecule has 154 valence electrons. The molecule has 0 unspecified atom stereocenters. The van der Waals surface area contributed by atoms with E-state index in [1.807, 2.05) is 17.0 Å². The highest BCUT2D eigenvalue weighted by atomic mass is 16.5. The zero-order valence-electron chi connectivity index (χ0n) is 16.6. The van der Waals surface area contributed by atoms with Crippen molar-refractivity contribution in [3.8, 4) is 0 Å². The lowest BCUT2D eigenvalue weighted by Crippen LogP contribution is -2.53. The summed E-state index contributed by atoms with van der Waals surface area (Å²) in [5, 5.41) is 0. The van der Waals surface area contributed by atoms with E-state index in [9.17, 15) is 9.59 Å². The fraction of sp³-hybridized carbons (Fsp3) is 0.476. The Hall–Kier alpha value is -2.55. The predicted octanol–water partition coefficient (Wildman–Crippen LogP) is 0.695. The van der Waals surface area contributed by atoms with Gasteiger partial charge in [-0.2, -0.15) is 0 Å². The number of aromatic nitrogens is 2. The average Bonchev–Trinajstić information content (AvgIpc) is 2.76. The van der Waals surface area contributed by atoms with Crippen molar-refractivity contribution in [2.75, 3.05) is 46.0 Å². The van der Waals surface area contributed by atoms with Gasteiger partial charge in [0.2, 0.25) is 0 Å². The third-order valence-corrected chi connectivity index (χ3v) is 5.53. The molecule has 8 nitrogen and oxygen atoms in total. The quantitative estimate of drug-likeness (QED) is 0.755. The zero-order valence-corrected chi connectivity index (χ0v) is 16.6. The van der Waals surface area contributed by atoms with E-state index >= 15 is 0 Å². The Morgan fingerprint density at radius 1 is 1.21 bits per heavy atom. The van der Waals surface area contributed by atoms with Gasteiger partial charge in [-0.1, -0.05) is 6.07 Å². The summed E-state index contributed by atoms with van der Waals surface area (Å²) >= 11 is 0. The maximum absolute atomic E-state index is 13.4. The SMILES string of the molecule is Cn1ccc(C(=O)N2CCO[C@@H](CN3CCOCC3)[C@@H]2c2cccnc2)cc1=O. The van der Waals surface area contributed by atoms with E-state index in [2.05, 4.69) is 9.88 Å². The lowest BCUT2D eigenvalue weighted by Gasteiger charge is -2.43. The van der Waals surface area contributed by atoms with Crippen LogP contribution in [0.15, 0.2) is 47.7 Å². The summed E-state index contributed by atoms with van der Waals surface area (Å²) in [7, 11) is 1.67. The Labute approximate surface area is 169 Å². The second-order valence-electron chi connectivity index (χ2n) is 7.42. The number of morpholine rings is 2. The fourth-order valence-corrected chi connectivity index (χ4v) is 3.94. The summed E-state index contributed by atoms with van der Waals surface area (Å²) in [6.45, 7) is 4.75. The molecule has 2 saturated heterocycles. The monoisotopic (exact) mass is 398 g/mol. The van der Waals surface area contributed by atoms with Crippen molar-refractivity contribution in [3.05, 3.63) is 64.3 Å². The van der Waals surface area contributed by atoms with Crippen LogP contribution >= 0.6 is 0 Å². The lowest BCUT2D eigenvalue weighted by atomic mass is 9.97. The van der Waals surface area contributed by atoms with E-state index in [4.69, 9.17) is 9.47 Å². The van der Waals surface area contributed by atoms with E-state index in [-0.39, 0.29) is 23.6 Å². The summed E-state index contributed by atoms with van der Waals surface area (Å²) in [5.74, 6) is -0.160. The number of ether oxygens (including phenoxy) is 2. The summed E-state index contributed by atoms with van der Waals surface area (Å²) < 4.78 is 13.0. The molecule has 4 rings (SSSR count). The number of aryl methyl sites for hydroxylation is 1. The summed E-state index contributed by atoms with van der Waals surface area (Å²) in [6.07, 6.45) is 4.95. The Bertz CT molecular complexity index is 895. The van der Waals surface area contributed by atoms with Crippen LogP contribution in [0.4, 0.5) is 0 Å². The molecule has 1 amide bonds. The number of nitrogens with zero attached hydrogens (tertiary/aromatic N) is 4. The standard InChI is InChI=1S/C21H26N4O4/c1-23-6-4-16(13-19(23)26)21(27)25-9-12-29-18(15-24-7-10-28-11-8-24)20(25)17-3-2-5-22-14-17/h2-6,13-14,18,20H,7-12,15H2,1H3/t18-,20-/m0/s1. The highest BCUT2D eigenvalue weighted by Gasteiger charge is 2.38. The van der Waals surface area contributed by atoms with Gasteiger partial charge >= 0.3 is 0 Å². The normalized spacial score (nSPS) is 23.1. The summed E-state index contributed by atoms with van der Waals surface area (Å²) in [4.78, 5) is 33.8. The summed E-state index contributed by atoms with van der Waals surface area (Å²) in [6, 6.07) is 6.67. The topological polar surface area (TPSA) is 76.9 Å². The Morgan fingerprint density at radius 3 is 2.76 bits per heavy atom.